The number of likely N-dealkylation sites (tertiary alicyclic amines) is 1. The largest absolute Gasteiger partial charge is 0.396 e. The number of amides is 2. The smallest absolute Gasteiger partial charge is 0.246 e. The molecule has 1 saturated carbocycles. The summed E-state index contributed by atoms with van der Waals surface area (Å²) < 4.78 is 0. The molecule has 2 aliphatic rings. The van der Waals surface area contributed by atoms with Crippen LogP contribution in [0.3, 0.4) is 0 Å². The van der Waals surface area contributed by atoms with Crippen LogP contribution < -0.4 is 5.32 Å². The molecule has 0 radical (unpaired) electrons. The molecule has 1 aliphatic carbocycles. The molecule has 0 aromatic carbocycles. The normalized spacial score (nSPS) is 27.6. The number of carbonyl (C=O) groups is 2. The minimum Gasteiger partial charge on any atom is -0.396 e. The second-order valence-corrected chi connectivity index (χ2v) is 4.90. The molecule has 1 aliphatic heterocycles. The highest BCUT2D eigenvalue weighted by Crippen LogP contribution is 2.48. The van der Waals surface area contributed by atoms with Crippen LogP contribution in [-0.4, -0.2) is 48.1 Å². The topological polar surface area (TPSA) is 69.6 Å². The summed E-state index contributed by atoms with van der Waals surface area (Å²) in [4.78, 5) is 24.1. The van der Waals surface area contributed by atoms with Crippen LogP contribution in [0.4, 0.5) is 0 Å². The lowest BCUT2D eigenvalue weighted by Crippen LogP contribution is -2.40. The summed E-state index contributed by atoms with van der Waals surface area (Å²) in [6.45, 7) is 0.921. The lowest BCUT2D eigenvalue weighted by Gasteiger charge is -2.17. The molecule has 2 rings (SSSR count). The summed E-state index contributed by atoms with van der Waals surface area (Å²) in [7, 11) is 1.52. The van der Waals surface area contributed by atoms with E-state index in [4.69, 9.17) is 5.11 Å². The molecule has 0 spiro atoms. The van der Waals surface area contributed by atoms with E-state index in [2.05, 4.69) is 5.32 Å². The van der Waals surface area contributed by atoms with Gasteiger partial charge in [-0.3, -0.25) is 14.5 Å². The number of nitrogens with zero attached hydrogens (tertiary/aromatic N) is 1. The Morgan fingerprint density at radius 2 is 2.19 bits per heavy atom. The van der Waals surface area contributed by atoms with E-state index in [0.717, 1.165) is 25.8 Å². The summed E-state index contributed by atoms with van der Waals surface area (Å²) in [5, 5.41) is 12.1. The van der Waals surface area contributed by atoms with E-state index in [1.165, 1.54) is 11.9 Å². The van der Waals surface area contributed by atoms with Crippen LogP contribution >= 0.6 is 0 Å². The first-order valence-electron chi connectivity index (χ1n) is 5.73. The zero-order valence-corrected chi connectivity index (χ0v) is 9.53. The van der Waals surface area contributed by atoms with Crippen LogP contribution in [0, 0.1) is 5.41 Å². The monoisotopic (exact) mass is 226 g/mol. The number of rotatable bonds is 5. The Hall–Kier alpha value is -0.940. The number of imide groups is 1. The van der Waals surface area contributed by atoms with Gasteiger partial charge >= 0.3 is 0 Å². The summed E-state index contributed by atoms with van der Waals surface area (Å²) in [6.07, 6.45) is 3.26. The van der Waals surface area contributed by atoms with E-state index in [0.29, 0.717) is 0 Å². The number of aliphatic hydroxyl groups excluding tert-OH is 1. The van der Waals surface area contributed by atoms with Gasteiger partial charge < -0.3 is 10.4 Å². The molecule has 1 atom stereocenters. The summed E-state index contributed by atoms with van der Waals surface area (Å²) in [5.74, 6) is -0.251. The predicted molar refractivity (Wildman–Crippen MR) is 57.6 cm³/mol. The van der Waals surface area contributed by atoms with Gasteiger partial charge in [0.15, 0.2) is 0 Å². The van der Waals surface area contributed by atoms with Gasteiger partial charge in [0, 0.05) is 20.2 Å². The van der Waals surface area contributed by atoms with Gasteiger partial charge in [-0.1, -0.05) is 0 Å². The van der Waals surface area contributed by atoms with Gasteiger partial charge in [0.1, 0.15) is 0 Å². The van der Waals surface area contributed by atoms with E-state index in [1.807, 2.05) is 0 Å². The highest BCUT2D eigenvalue weighted by atomic mass is 16.3. The van der Waals surface area contributed by atoms with Crippen molar-refractivity contribution in [3.8, 4) is 0 Å². The van der Waals surface area contributed by atoms with E-state index in [9.17, 15) is 9.59 Å². The van der Waals surface area contributed by atoms with Gasteiger partial charge in [-0.25, -0.2) is 0 Å². The lowest BCUT2D eigenvalue weighted by molar-refractivity contribution is -0.137. The molecule has 0 aromatic rings. The van der Waals surface area contributed by atoms with Crippen molar-refractivity contribution < 1.29 is 14.7 Å². The Morgan fingerprint density at radius 3 is 2.62 bits per heavy atom. The number of carbonyl (C=O) groups excluding carboxylic acids is 2. The molecule has 0 aromatic heterocycles. The van der Waals surface area contributed by atoms with E-state index in [-0.39, 0.29) is 36.3 Å². The minimum atomic E-state index is -0.353. The second-order valence-electron chi connectivity index (χ2n) is 4.90. The molecule has 0 bridgehead atoms. The molecule has 16 heavy (non-hydrogen) atoms. The van der Waals surface area contributed by atoms with Gasteiger partial charge in [0.05, 0.1) is 12.5 Å². The Bertz CT molecular complexity index is 312. The van der Waals surface area contributed by atoms with Gasteiger partial charge in [-0.15, -0.1) is 0 Å². The van der Waals surface area contributed by atoms with Crippen molar-refractivity contribution in [2.24, 2.45) is 5.41 Å². The summed E-state index contributed by atoms with van der Waals surface area (Å²) in [6, 6.07) is -0.353. The van der Waals surface area contributed by atoms with Gasteiger partial charge in [-0.05, 0) is 24.7 Å². The number of likely N-dealkylation sites (N-methyl/N-ethyl adjacent to an activating group) is 1. The number of aliphatic hydroxyl groups is 1. The van der Waals surface area contributed by atoms with Crippen LogP contribution in [0.15, 0.2) is 0 Å². The Morgan fingerprint density at radius 1 is 1.50 bits per heavy atom. The third-order valence-corrected chi connectivity index (χ3v) is 3.70. The first-order chi connectivity index (χ1) is 7.58. The Balaban J connectivity index is 1.83. The first-order valence-corrected chi connectivity index (χ1v) is 5.73. The molecule has 2 N–H and O–H groups in total. The van der Waals surface area contributed by atoms with Gasteiger partial charge in [0.2, 0.25) is 11.8 Å². The summed E-state index contributed by atoms with van der Waals surface area (Å²) in [5.41, 5.74) is 0.180. The fraction of sp³-hybridized carbons (Fsp3) is 0.818. The predicted octanol–water partition coefficient (Wildman–Crippen LogP) is -0.504. The maximum Gasteiger partial charge on any atom is 0.246 e. The van der Waals surface area contributed by atoms with Crippen molar-refractivity contribution in [1.29, 1.82) is 0 Å². The van der Waals surface area contributed by atoms with Crippen molar-refractivity contribution >= 4 is 11.8 Å². The van der Waals surface area contributed by atoms with Gasteiger partial charge in [0.25, 0.3) is 0 Å². The maximum absolute atomic E-state index is 11.6. The number of hydrogen-bond donors (Lipinski definition) is 2. The fourth-order valence-corrected chi connectivity index (χ4v) is 2.18. The fourth-order valence-electron chi connectivity index (χ4n) is 2.18. The molecule has 1 saturated heterocycles. The quantitative estimate of drug-likeness (QED) is 0.620. The van der Waals surface area contributed by atoms with Crippen molar-refractivity contribution in [1.82, 2.24) is 10.2 Å². The van der Waals surface area contributed by atoms with Crippen LogP contribution in [0.2, 0.25) is 0 Å². The summed E-state index contributed by atoms with van der Waals surface area (Å²) >= 11 is 0. The van der Waals surface area contributed by atoms with Crippen LogP contribution in [0.5, 0.6) is 0 Å². The highest BCUT2D eigenvalue weighted by Gasteiger charge is 2.44. The third kappa shape index (κ3) is 2.10. The molecule has 5 nitrogen and oxygen atoms in total. The van der Waals surface area contributed by atoms with Crippen LogP contribution in [0.1, 0.15) is 25.7 Å². The third-order valence-electron chi connectivity index (χ3n) is 3.70. The van der Waals surface area contributed by atoms with Crippen molar-refractivity contribution in [2.45, 2.75) is 31.7 Å². The van der Waals surface area contributed by atoms with E-state index >= 15 is 0 Å². The average Bonchev–Trinajstić information content (AvgIpc) is 2.97. The maximum atomic E-state index is 11.6. The first kappa shape index (κ1) is 11.5. The standard InChI is InChI=1S/C11H18N2O3/c1-13-9(15)6-8(10(13)16)12-7-11(2-3-11)4-5-14/h8,12,14H,2-7H2,1H3. The zero-order valence-electron chi connectivity index (χ0n) is 9.53. The van der Waals surface area contributed by atoms with Crippen molar-refractivity contribution in [3.05, 3.63) is 0 Å². The number of nitrogens with one attached hydrogen (secondary N) is 1. The SMILES string of the molecule is CN1C(=O)CC(NCC2(CCO)CC2)C1=O. The molecule has 1 heterocycles. The molecular weight excluding hydrogens is 208 g/mol. The van der Waals surface area contributed by atoms with E-state index in [1.54, 1.807) is 0 Å². The van der Waals surface area contributed by atoms with E-state index < -0.39 is 0 Å². The van der Waals surface area contributed by atoms with Crippen molar-refractivity contribution in [2.75, 3.05) is 20.2 Å². The lowest BCUT2D eigenvalue weighted by atomic mass is 10.0. The Labute approximate surface area is 94.8 Å². The molecular formula is C11H18N2O3. The minimum absolute atomic E-state index is 0.116. The molecule has 90 valence electrons. The van der Waals surface area contributed by atoms with Crippen molar-refractivity contribution in [3.63, 3.8) is 0 Å². The number of hydrogen-bond acceptors (Lipinski definition) is 4. The molecule has 2 fully saturated rings. The van der Waals surface area contributed by atoms with Gasteiger partial charge in [-0.2, -0.15) is 0 Å². The zero-order chi connectivity index (χ0) is 11.8. The average molecular weight is 226 g/mol. The molecule has 2 amide bonds. The second kappa shape index (κ2) is 4.14. The molecule has 1 unspecified atom stereocenters. The van der Waals surface area contributed by atoms with Crippen LogP contribution in [0.25, 0.3) is 0 Å². The highest BCUT2D eigenvalue weighted by molar-refractivity contribution is 6.05. The Kier molecular flexibility index (Phi) is 2.99. The van der Waals surface area contributed by atoms with Crippen LogP contribution in [-0.2, 0) is 9.59 Å². The molecule has 5 heteroatoms.